The number of alkyl halides is 3. The maximum Gasteiger partial charge on any atom is 0.389 e. The minimum absolute atomic E-state index is 0.0617. The highest BCUT2D eigenvalue weighted by Gasteiger charge is 2.36. The summed E-state index contributed by atoms with van der Waals surface area (Å²) in [5.74, 6) is 0.00147. The van der Waals surface area contributed by atoms with Crippen molar-refractivity contribution in [3.8, 4) is 22.4 Å². The lowest BCUT2D eigenvalue weighted by atomic mass is 9.99. The van der Waals surface area contributed by atoms with Crippen molar-refractivity contribution in [2.75, 3.05) is 30.3 Å². The van der Waals surface area contributed by atoms with E-state index in [1.165, 1.54) is 4.90 Å². The number of likely N-dealkylation sites (tertiary alicyclic amines) is 1. The number of hydrogen-bond donors (Lipinski definition) is 4. The number of hydrogen-bond acceptors (Lipinski definition) is 5. The van der Waals surface area contributed by atoms with Gasteiger partial charge in [-0.3, -0.25) is 5.10 Å². The first kappa shape index (κ1) is 25.5. The Morgan fingerprint density at radius 2 is 2.08 bits per heavy atom. The first-order valence-corrected chi connectivity index (χ1v) is 11.7. The normalized spacial score (nSPS) is 16.7. The highest BCUT2D eigenvalue weighted by atomic mass is 19.4. The number of aliphatic hydroxyl groups excluding tert-OH is 1. The number of carbonyl (C=O) groups excluding carboxylic acids is 1. The Morgan fingerprint density at radius 1 is 1.28 bits per heavy atom. The van der Waals surface area contributed by atoms with Crippen molar-refractivity contribution >= 4 is 17.5 Å². The van der Waals surface area contributed by atoms with Gasteiger partial charge in [0.2, 0.25) is 0 Å². The number of carbonyl (C=O) groups is 1. The molecule has 0 radical (unpaired) electrons. The van der Waals surface area contributed by atoms with Gasteiger partial charge in [-0.15, -0.1) is 0 Å². The Labute approximate surface area is 206 Å². The van der Waals surface area contributed by atoms with Crippen LogP contribution < -0.4 is 10.6 Å². The molecule has 0 bridgehead atoms. The Morgan fingerprint density at radius 3 is 2.78 bits per heavy atom. The molecule has 4 N–H and O–H groups in total. The number of amides is 2. The molecule has 8 nitrogen and oxygen atoms in total. The molecule has 2 atom stereocenters. The summed E-state index contributed by atoms with van der Waals surface area (Å²) in [6.45, 7) is 4.10. The van der Waals surface area contributed by atoms with Crippen molar-refractivity contribution in [3.63, 3.8) is 0 Å². The number of aliphatic hydroxyl groups is 1. The van der Waals surface area contributed by atoms with Crippen LogP contribution in [0.4, 0.5) is 29.5 Å². The second-order valence-electron chi connectivity index (χ2n) is 9.22. The summed E-state index contributed by atoms with van der Waals surface area (Å²) >= 11 is 0. The number of rotatable bonds is 7. The molecule has 3 heterocycles. The maximum atomic E-state index is 12.8. The van der Waals surface area contributed by atoms with Gasteiger partial charge in [-0.1, -0.05) is 6.07 Å². The molecule has 1 aliphatic heterocycles. The predicted molar refractivity (Wildman–Crippen MR) is 132 cm³/mol. The summed E-state index contributed by atoms with van der Waals surface area (Å²) < 4.78 is 38.2. The molecule has 0 saturated carbocycles. The third-order valence-corrected chi connectivity index (χ3v) is 6.18. The fourth-order valence-electron chi connectivity index (χ4n) is 4.32. The molecule has 11 heteroatoms. The summed E-state index contributed by atoms with van der Waals surface area (Å²) in [5, 5.41) is 22.2. The van der Waals surface area contributed by atoms with E-state index in [0.717, 1.165) is 22.3 Å². The van der Waals surface area contributed by atoms with Crippen LogP contribution in [0.3, 0.4) is 0 Å². The van der Waals surface area contributed by atoms with Crippen molar-refractivity contribution < 1.29 is 23.1 Å². The Bertz CT molecular complexity index is 1200. The summed E-state index contributed by atoms with van der Waals surface area (Å²) in [6.07, 6.45) is -1.38. The number of nitrogens with zero attached hydrogens (tertiary/aromatic N) is 3. The fourth-order valence-corrected chi connectivity index (χ4v) is 4.32. The highest BCUT2D eigenvalue weighted by Crippen LogP contribution is 2.33. The maximum absolute atomic E-state index is 12.8. The van der Waals surface area contributed by atoms with E-state index in [0.29, 0.717) is 30.2 Å². The van der Waals surface area contributed by atoms with Gasteiger partial charge in [0.1, 0.15) is 5.82 Å². The number of aryl methyl sites for hydroxylation is 1. The van der Waals surface area contributed by atoms with Crippen LogP contribution in [-0.4, -0.2) is 63.1 Å². The van der Waals surface area contributed by atoms with Crippen LogP contribution >= 0.6 is 0 Å². The van der Waals surface area contributed by atoms with Crippen molar-refractivity contribution in [2.45, 2.75) is 38.9 Å². The van der Waals surface area contributed by atoms with Crippen molar-refractivity contribution in [2.24, 2.45) is 5.92 Å². The molecule has 1 aliphatic rings. The quantitative estimate of drug-likeness (QED) is 0.362. The fraction of sp³-hybridized carbons (Fsp3) is 0.400. The molecule has 0 spiro atoms. The smallest absolute Gasteiger partial charge is 0.389 e. The van der Waals surface area contributed by atoms with Gasteiger partial charge in [0, 0.05) is 43.0 Å². The predicted octanol–water partition coefficient (Wildman–Crippen LogP) is 5.05. The summed E-state index contributed by atoms with van der Waals surface area (Å²) in [4.78, 5) is 18.8. The van der Waals surface area contributed by atoms with Crippen LogP contribution in [0.2, 0.25) is 0 Å². The number of benzene rings is 1. The second kappa shape index (κ2) is 10.6. The van der Waals surface area contributed by atoms with Crippen LogP contribution in [0.5, 0.6) is 0 Å². The number of urea groups is 1. The van der Waals surface area contributed by atoms with Gasteiger partial charge >= 0.3 is 12.2 Å². The average molecular weight is 503 g/mol. The zero-order valence-corrected chi connectivity index (χ0v) is 20.1. The highest BCUT2D eigenvalue weighted by molar-refractivity contribution is 5.91. The Kier molecular flexibility index (Phi) is 7.48. The van der Waals surface area contributed by atoms with E-state index in [4.69, 9.17) is 0 Å². The van der Waals surface area contributed by atoms with E-state index in [2.05, 4.69) is 25.8 Å². The number of nitrogens with one attached hydrogen (secondary N) is 3. The monoisotopic (exact) mass is 502 g/mol. The minimum atomic E-state index is -4.23. The van der Waals surface area contributed by atoms with Gasteiger partial charge in [0.15, 0.2) is 0 Å². The van der Waals surface area contributed by atoms with E-state index in [1.807, 2.05) is 38.1 Å². The summed E-state index contributed by atoms with van der Waals surface area (Å²) in [7, 11) is 0. The average Bonchev–Trinajstić information content (AvgIpc) is 3.51. The molecule has 2 aromatic heterocycles. The number of anilines is 2. The van der Waals surface area contributed by atoms with Gasteiger partial charge in [0.25, 0.3) is 0 Å². The molecule has 3 aromatic rings. The standard InChI is InChI=1S/C25H29F3N6O2/c1-15-3-4-20(32-24(36)34-6-5-17(13-34)10-25(26,27)28)9-21(15)18-7-22(19-11-29-30-12-19)33-23(8-18)31-16(2)14-35/h3-4,7-9,11-12,16-17,35H,5-6,10,13-14H2,1-2H3,(H,29,30)(H,31,33)(H,32,36)/t16?,17-/m0/s1. The molecular weight excluding hydrogens is 473 g/mol. The third kappa shape index (κ3) is 6.34. The first-order chi connectivity index (χ1) is 17.1. The molecular formula is C25H29F3N6O2. The largest absolute Gasteiger partial charge is 0.394 e. The topological polar surface area (TPSA) is 106 Å². The number of aromatic nitrogens is 3. The van der Waals surface area contributed by atoms with Crippen molar-refractivity contribution in [1.29, 1.82) is 0 Å². The Hall–Kier alpha value is -3.60. The Balaban J connectivity index is 1.57. The molecule has 1 unspecified atom stereocenters. The molecule has 0 aliphatic carbocycles. The van der Waals surface area contributed by atoms with Crippen LogP contribution in [0.1, 0.15) is 25.3 Å². The molecule has 1 fully saturated rings. The van der Waals surface area contributed by atoms with E-state index in [-0.39, 0.29) is 19.2 Å². The van der Waals surface area contributed by atoms with Crippen LogP contribution in [0.15, 0.2) is 42.7 Å². The number of pyridine rings is 1. The van der Waals surface area contributed by atoms with E-state index in [9.17, 15) is 23.1 Å². The number of aromatic amines is 1. The first-order valence-electron chi connectivity index (χ1n) is 11.7. The number of H-pyrrole nitrogens is 1. The van der Waals surface area contributed by atoms with Gasteiger partial charge in [-0.05, 0) is 67.1 Å². The van der Waals surface area contributed by atoms with Gasteiger partial charge in [0.05, 0.1) is 18.5 Å². The lowest BCUT2D eigenvalue weighted by Crippen LogP contribution is -2.33. The number of halogens is 3. The molecule has 4 rings (SSSR count). The zero-order chi connectivity index (χ0) is 25.9. The van der Waals surface area contributed by atoms with Crippen molar-refractivity contribution in [1.82, 2.24) is 20.1 Å². The third-order valence-electron chi connectivity index (χ3n) is 6.18. The molecule has 36 heavy (non-hydrogen) atoms. The second-order valence-corrected chi connectivity index (χ2v) is 9.22. The minimum Gasteiger partial charge on any atom is -0.394 e. The van der Waals surface area contributed by atoms with Gasteiger partial charge in [-0.25, -0.2) is 9.78 Å². The van der Waals surface area contributed by atoms with Crippen molar-refractivity contribution in [3.05, 3.63) is 48.3 Å². The molecule has 2 amide bonds. The lowest BCUT2D eigenvalue weighted by molar-refractivity contribution is -0.143. The molecule has 192 valence electrons. The molecule has 1 saturated heterocycles. The van der Waals surface area contributed by atoms with E-state index < -0.39 is 24.5 Å². The molecule has 1 aromatic carbocycles. The van der Waals surface area contributed by atoms with Crippen LogP contribution in [0.25, 0.3) is 22.4 Å². The van der Waals surface area contributed by atoms with Gasteiger partial charge < -0.3 is 20.6 Å². The zero-order valence-electron chi connectivity index (χ0n) is 20.1. The SMILES string of the molecule is Cc1ccc(NC(=O)N2CC[C@@H](CC(F)(F)F)C2)cc1-c1cc(NC(C)CO)nc(-c2cn[nH]c2)c1. The van der Waals surface area contributed by atoms with E-state index >= 15 is 0 Å². The van der Waals surface area contributed by atoms with E-state index in [1.54, 1.807) is 18.5 Å². The lowest BCUT2D eigenvalue weighted by Gasteiger charge is -2.19. The summed E-state index contributed by atoms with van der Waals surface area (Å²) in [5.41, 5.74) is 4.67. The summed E-state index contributed by atoms with van der Waals surface area (Å²) in [6, 6.07) is 8.64. The van der Waals surface area contributed by atoms with Crippen LogP contribution in [0, 0.1) is 12.8 Å². The van der Waals surface area contributed by atoms with Crippen LogP contribution in [-0.2, 0) is 0 Å². The van der Waals surface area contributed by atoms with Gasteiger partial charge in [-0.2, -0.15) is 18.3 Å².